The molecule has 0 bridgehead atoms. The fraction of sp³-hybridized carbons (Fsp3) is 0.143. The van der Waals surface area contributed by atoms with Gasteiger partial charge in [-0.3, -0.25) is 9.59 Å². The number of carbonyl (C=O) groups is 2. The van der Waals surface area contributed by atoms with Crippen LogP contribution in [0.15, 0.2) is 59.6 Å². The van der Waals surface area contributed by atoms with Crippen LogP contribution in [0.1, 0.15) is 16.1 Å². The molecule has 30 heavy (non-hydrogen) atoms. The van der Waals surface area contributed by atoms with Crippen molar-refractivity contribution >= 4 is 35.1 Å². The number of nitrogens with zero attached hydrogens (tertiary/aromatic N) is 2. The summed E-state index contributed by atoms with van der Waals surface area (Å²) in [5, 5.41) is 5.40. The summed E-state index contributed by atoms with van der Waals surface area (Å²) in [6.07, 6.45) is 1.52. The summed E-state index contributed by atoms with van der Waals surface area (Å²) >= 11 is 1.44. The third-order valence-electron chi connectivity index (χ3n) is 4.21. The average molecular weight is 423 g/mol. The van der Waals surface area contributed by atoms with Crippen molar-refractivity contribution in [2.75, 3.05) is 24.3 Å². The van der Waals surface area contributed by atoms with E-state index < -0.39 is 5.91 Å². The third-order valence-corrected chi connectivity index (χ3v) is 5.22. The Morgan fingerprint density at radius 1 is 1.10 bits per heavy atom. The van der Waals surface area contributed by atoms with Crippen LogP contribution in [0.3, 0.4) is 0 Å². The van der Waals surface area contributed by atoms with Crippen LogP contribution in [0, 0.1) is 0 Å². The lowest BCUT2D eigenvalue weighted by Crippen LogP contribution is -2.24. The van der Waals surface area contributed by atoms with Gasteiger partial charge in [0, 0.05) is 29.7 Å². The number of anilines is 2. The van der Waals surface area contributed by atoms with Crippen LogP contribution in [-0.2, 0) is 11.3 Å². The first-order chi connectivity index (χ1) is 14.5. The van der Waals surface area contributed by atoms with Crippen LogP contribution in [0.25, 0.3) is 11.3 Å². The highest BCUT2D eigenvalue weighted by atomic mass is 32.2. The molecule has 3 rings (SSSR count). The maximum Gasteiger partial charge on any atom is 0.273 e. The van der Waals surface area contributed by atoms with Gasteiger partial charge in [0.15, 0.2) is 11.5 Å². The molecule has 0 aliphatic heterocycles. The Balaban J connectivity index is 1.62. The SMILES string of the molecule is CNC(=O)c1nc(-c2cccc(CNC(=O)CSc3ccc(N)cc3)c2)cnc1N. The van der Waals surface area contributed by atoms with Gasteiger partial charge in [-0.15, -0.1) is 11.8 Å². The van der Waals surface area contributed by atoms with E-state index in [1.54, 1.807) is 12.1 Å². The predicted octanol–water partition coefficient (Wildman–Crippen LogP) is 2.08. The van der Waals surface area contributed by atoms with Crippen LogP contribution in [0.2, 0.25) is 0 Å². The fourth-order valence-corrected chi connectivity index (χ4v) is 3.36. The predicted molar refractivity (Wildman–Crippen MR) is 119 cm³/mol. The van der Waals surface area contributed by atoms with E-state index in [9.17, 15) is 9.59 Å². The summed E-state index contributed by atoms with van der Waals surface area (Å²) < 4.78 is 0. The van der Waals surface area contributed by atoms with Gasteiger partial charge >= 0.3 is 0 Å². The third kappa shape index (κ3) is 5.48. The molecule has 2 aromatic carbocycles. The monoisotopic (exact) mass is 422 g/mol. The summed E-state index contributed by atoms with van der Waals surface area (Å²) in [4.78, 5) is 33.4. The van der Waals surface area contributed by atoms with E-state index in [0.717, 1.165) is 16.0 Å². The molecule has 0 saturated carbocycles. The van der Waals surface area contributed by atoms with Gasteiger partial charge in [-0.25, -0.2) is 9.97 Å². The molecule has 0 radical (unpaired) electrons. The molecule has 1 heterocycles. The molecule has 1 aromatic heterocycles. The first-order valence-corrected chi connectivity index (χ1v) is 10.1. The number of carbonyl (C=O) groups excluding carboxylic acids is 2. The van der Waals surface area contributed by atoms with E-state index in [4.69, 9.17) is 11.5 Å². The largest absolute Gasteiger partial charge is 0.399 e. The van der Waals surface area contributed by atoms with Crippen molar-refractivity contribution in [1.29, 1.82) is 0 Å². The molecule has 8 nitrogen and oxygen atoms in total. The van der Waals surface area contributed by atoms with Crippen LogP contribution in [0.4, 0.5) is 11.5 Å². The number of aromatic nitrogens is 2. The first-order valence-electron chi connectivity index (χ1n) is 9.15. The Morgan fingerprint density at radius 2 is 1.87 bits per heavy atom. The highest BCUT2D eigenvalue weighted by Crippen LogP contribution is 2.21. The standard InChI is InChI=1S/C21H22N6O2S/c1-24-21(29)19-20(23)26-11-17(27-19)14-4-2-3-13(9-14)10-25-18(28)12-30-16-7-5-15(22)6-8-16/h2-9,11H,10,12,22H2,1H3,(H2,23,26)(H,24,29)(H,25,28). The number of nitrogen functional groups attached to an aromatic ring is 2. The Bertz CT molecular complexity index is 1060. The second-order valence-corrected chi connectivity index (χ2v) is 7.45. The minimum atomic E-state index is -0.399. The van der Waals surface area contributed by atoms with Gasteiger partial charge in [0.05, 0.1) is 17.6 Å². The van der Waals surface area contributed by atoms with Crippen molar-refractivity contribution in [1.82, 2.24) is 20.6 Å². The molecule has 0 unspecified atom stereocenters. The van der Waals surface area contributed by atoms with Crippen molar-refractivity contribution in [3.63, 3.8) is 0 Å². The topological polar surface area (TPSA) is 136 Å². The van der Waals surface area contributed by atoms with Crippen molar-refractivity contribution in [3.8, 4) is 11.3 Å². The average Bonchev–Trinajstić information content (AvgIpc) is 2.77. The Kier molecular flexibility index (Phi) is 6.87. The zero-order valence-electron chi connectivity index (χ0n) is 16.4. The zero-order chi connectivity index (χ0) is 21.5. The summed E-state index contributed by atoms with van der Waals surface area (Å²) in [6.45, 7) is 0.375. The van der Waals surface area contributed by atoms with Gasteiger partial charge in [-0.05, 0) is 35.9 Å². The normalized spacial score (nSPS) is 10.4. The van der Waals surface area contributed by atoms with Gasteiger partial charge in [0.2, 0.25) is 5.91 Å². The van der Waals surface area contributed by atoms with Crippen LogP contribution >= 0.6 is 11.8 Å². The summed E-state index contributed by atoms with van der Waals surface area (Å²) in [5.74, 6) is -0.0943. The molecule has 0 fully saturated rings. The van der Waals surface area contributed by atoms with Crippen molar-refractivity contribution in [2.45, 2.75) is 11.4 Å². The zero-order valence-corrected chi connectivity index (χ0v) is 17.2. The smallest absolute Gasteiger partial charge is 0.273 e. The molecule has 6 N–H and O–H groups in total. The minimum Gasteiger partial charge on any atom is -0.399 e. The van der Waals surface area contributed by atoms with Gasteiger partial charge < -0.3 is 22.1 Å². The number of amides is 2. The van der Waals surface area contributed by atoms with Gasteiger partial charge in [-0.1, -0.05) is 18.2 Å². The van der Waals surface area contributed by atoms with Crippen molar-refractivity contribution in [3.05, 3.63) is 66.0 Å². The van der Waals surface area contributed by atoms with Gasteiger partial charge in [-0.2, -0.15) is 0 Å². The summed E-state index contributed by atoms with van der Waals surface area (Å²) in [7, 11) is 1.50. The fourth-order valence-electron chi connectivity index (χ4n) is 2.63. The van der Waals surface area contributed by atoms with Crippen molar-refractivity contribution < 1.29 is 9.59 Å². The quantitative estimate of drug-likeness (QED) is 0.338. The maximum absolute atomic E-state index is 12.2. The number of nitrogens with one attached hydrogen (secondary N) is 2. The summed E-state index contributed by atoms with van der Waals surface area (Å²) in [5.41, 5.74) is 14.4. The second-order valence-electron chi connectivity index (χ2n) is 6.40. The number of thioether (sulfide) groups is 1. The van der Waals surface area contributed by atoms with Gasteiger partial charge in [0.25, 0.3) is 5.91 Å². The maximum atomic E-state index is 12.2. The minimum absolute atomic E-state index is 0.0696. The first kappa shape index (κ1) is 21.1. The number of hydrogen-bond acceptors (Lipinski definition) is 7. The van der Waals surface area contributed by atoms with Crippen molar-refractivity contribution in [2.24, 2.45) is 0 Å². The number of benzene rings is 2. The highest BCUT2D eigenvalue weighted by Gasteiger charge is 2.13. The molecule has 0 spiro atoms. The van der Waals surface area contributed by atoms with E-state index in [2.05, 4.69) is 20.6 Å². The number of rotatable bonds is 7. The van der Waals surface area contributed by atoms with Crippen LogP contribution in [0.5, 0.6) is 0 Å². The Hall–Kier alpha value is -3.59. The van der Waals surface area contributed by atoms with Gasteiger partial charge in [0.1, 0.15) is 0 Å². The molecule has 3 aromatic rings. The lowest BCUT2D eigenvalue weighted by molar-refractivity contribution is -0.118. The second kappa shape index (κ2) is 9.75. The molecule has 0 atom stereocenters. The van der Waals surface area contributed by atoms with Crippen LogP contribution in [-0.4, -0.2) is 34.6 Å². The lowest BCUT2D eigenvalue weighted by atomic mass is 10.1. The van der Waals surface area contributed by atoms with E-state index in [0.29, 0.717) is 23.7 Å². The molecule has 9 heteroatoms. The molecule has 154 valence electrons. The van der Waals surface area contributed by atoms with E-state index in [1.807, 2.05) is 36.4 Å². The van der Waals surface area contributed by atoms with E-state index in [-0.39, 0.29) is 17.4 Å². The molecular formula is C21H22N6O2S. The summed E-state index contributed by atoms with van der Waals surface area (Å²) in [6, 6.07) is 14.9. The molecule has 2 amide bonds. The Labute approximate surface area is 178 Å². The van der Waals surface area contributed by atoms with Crippen LogP contribution < -0.4 is 22.1 Å². The van der Waals surface area contributed by atoms with E-state index >= 15 is 0 Å². The molecule has 0 saturated heterocycles. The highest BCUT2D eigenvalue weighted by molar-refractivity contribution is 8.00. The van der Waals surface area contributed by atoms with E-state index in [1.165, 1.54) is 25.0 Å². The number of hydrogen-bond donors (Lipinski definition) is 4. The lowest BCUT2D eigenvalue weighted by Gasteiger charge is -2.09. The molecule has 0 aliphatic rings. The Morgan fingerprint density at radius 3 is 2.60 bits per heavy atom. The number of nitrogens with two attached hydrogens (primary N) is 2. The molecular weight excluding hydrogens is 400 g/mol. The molecule has 0 aliphatic carbocycles.